The van der Waals surface area contributed by atoms with Gasteiger partial charge in [-0.15, -0.1) is 24.8 Å². The van der Waals surface area contributed by atoms with E-state index in [2.05, 4.69) is 21.2 Å². The smallest absolute Gasteiger partial charge is 0.314 e. The van der Waals surface area contributed by atoms with Gasteiger partial charge in [0.1, 0.15) is 6.04 Å². The molecule has 0 bridgehead atoms. The Bertz CT molecular complexity index is 412. The average Bonchev–Trinajstić information content (AvgIpc) is 2.28. The molecule has 8 heteroatoms. The molecule has 0 amide bonds. The molecule has 1 N–H and O–H groups in total. The summed E-state index contributed by atoms with van der Waals surface area (Å²) in [4.78, 5) is 1.48. The van der Waals surface area contributed by atoms with Crippen molar-refractivity contribution in [2.75, 3.05) is 26.2 Å². The normalized spacial score (nSPS) is 17.8. The van der Waals surface area contributed by atoms with Gasteiger partial charge in [-0.3, -0.25) is 4.90 Å². The molecular formula is C12H16BrCl2F3N2. The van der Waals surface area contributed by atoms with E-state index in [1.807, 2.05) is 0 Å². The Kier molecular flexibility index (Phi) is 8.43. The fourth-order valence-electron chi connectivity index (χ4n) is 2.22. The maximum Gasteiger partial charge on any atom is 0.408 e. The molecule has 116 valence electrons. The third-order valence-electron chi connectivity index (χ3n) is 2.99. The van der Waals surface area contributed by atoms with Crippen molar-refractivity contribution in [2.45, 2.75) is 12.2 Å². The van der Waals surface area contributed by atoms with Crippen LogP contribution in [0.5, 0.6) is 0 Å². The summed E-state index contributed by atoms with van der Waals surface area (Å²) in [6.45, 7) is 2.02. The summed E-state index contributed by atoms with van der Waals surface area (Å²) in [5, 5.41) is 3.07. The molecule has 1 aliphatic heterocycles. The number of rotatable bonds is 2. The predicted molar refractivity (Wildman–Crippen MR) is 81.9 cm³/mol. The zero-order valence-corrected chi connectivity index (χ0v) is 13.7. The van der Waals surface area contributed by atoms with Gasteiger partial charge in [-0.1, -0.05) is 28.1 Å². The van der Waals surface area contributed by atoms with E-state index in [9.17, 15) is 13.2 Å². The second-order valence-corrected chi connectivity index (χ2v) is 5.20. The zero-order chi connectivity index (χ0) is 13.2. The first-order valence-corrected chi connectivity index (χ1v) is 6.55. The van der Waals surface area contributed by atoms with Crippen LogP contribution in [-0.2, 0) is 0 Å². The van der Waals surface area contributed by atoms with Crippen molar-refractivity contribution in [3.63, 3.8) is 0 Å². The first-order chi connectivity index (χ1) is 8.48. The minimum atomic E-state index is -4.25. The van der Waals surface area contributed by atoms with Gasteiger partial charge in [0.05, 0.1) is 0 Å². The molecule has 0 aromatic heterocycles. The van der Waals surface area contributed by atoms with E-state index in [4.69, 9.17) is 0 Å². The van der Waals surface area contributed by atoms with Crippen molar-refractivity contribution in [3.05, 3.63) is 34.3 Å². The van der Waals surface area contributed by atoms with Crippen molar-refractivity contribution in [2.24, 2.45) is 0 Å². The number of halogens is 6. The summed E-state index contributed by atoms with van der Waals surface area (Å²) in [7, 11) is 0. The van der Waals surface area contributed by atoms with E-state index in [0.717, 1.165) is 0 Å². The molecule has 1 aliphatic rings. The number of nitrogens with one attached hydrogen (secondary N) is 1. The molecule has 1 heterocycles. The van der Waals surface area contributed by atoms with Crippen molar-refractivity contribution in [1.82, 2.24) is 10.2 Å². The van der Waals surface area contributed by atoms with Crippen molar-refractivity contribution < 1.29 is 13.2 Å². The average molecular weight is 396 g/mol. The highest BCUT2D eigenvalue weighted by atomic mass is 79.9. The van der Waals surface area contributed by atoms with Gasteiger partial charge in [0.25, 0.3) is 0 Å². The van der Waals surface area contributed by atoms with Crippen LogP contribution in [0, 0.1) is 0 Å². The van der Waals surface area contributed by atoms with Gasteiger partial charge >= 0.3 is 6.18 Å². The van der Waals surface area contributed by atoms with Crippen LogP contribution in [0.3, 0.4) is 0 Å². The molecule has 1 aromatic rings. The van der Waals surface area contributed by atoms with Crippen molar-refractivity contribution in [1.29, 1.82) is 0 Å². The molecule has 2 rings (SSSR count). The minimum Gasteiger partial charge on any atom is -0.314 e. The predicted octanol–water partition coefficient (Wildman–Crippen LogP) is 3.80. The highest BCUT2D eigenvalue weighted by molar-refractivity contribution is 9.10. The minimum absolute atomic E-state index is 0. The third-order valence-corrected chi connectivity index (χ3v) is 3.48. The van der Waals surface area contributed by atoms with Crippen LogP contribution in [0.25, 0.3) is 0 Å². The number of benzene rings is 1. The van der Waals surface area contributed by atoms with E-state index in [1.54, 1.807) is 18.2 Å². The van der Waals surface area contributed by atoms with E-state index >= 15 is 0 Å². The molecule has 2 nitrogen and oxygen atoms in total. The van der Waals surface area contributed by atoms with Gasteiger partial charge in [0, 0.05) is 30.7 Å². The van der Waals surface area contributed by atoms with Gasteiger partial charge in [-0.25, -0.2) is 0 Å². The third kappa shape index (κ3) is 5.07. The van der Waals surface area contributed by atoms with Crippen LogP contribution in [0.15, 0.2) is 28.7 Å². The van der Waals surface area contributed by atoms with Crippen LogP contribution < -0.4 is 5.32 Å². The molecule has 0 saturated carbocycles. The SMILES string of the molecule is Cl.Cl.FC(F)(F)[C@H](c1cccc(Br)c1)N1CCNCC1. The molecule has 20 heavy (non-hydrogen) atoms. The Morgan fingerprint density at radius 1 is 1.15 bits per heavy atom. The van der Waals surface area contributed by atoms with E-state index in [-0.39, 0.29) is 24.8 Å². The molecule has 1 fully saturated rings. The first-order valence-electron chi connectivity index (χ1n) is 5.75. The summed E-state index contributed by atoms with van der Waals surface area (Å²) >= 11 is 3.22. The summed E-state index contributed by atoms with van der Waals surface area (Å²) < 4.78 is 40.4. The Hall–Kier alpha value is -0.0100. The summed E-state index contributed by atoms with van der Waals surface area (Å²) in [6.07, 6.45) is -4.25. The maximum atomic E-state index is 13.2. The molecule has 0 radical (unpaired) electrons. The maximum absolute atomic E-state index is 13.2. The molecule has 1 saturated heterocycles. The van der Waals surface area contributed by atoms with Crippen LogP contribution in [0.4, 0.5) is 13.2 Å². The van der Waals surface area contributed by atoms with Crippen molar-refractivity contribution >= 4 is 40.7 Å². The lowest BCUT2D eigenvalue weighted by Gasteiger charge is -2.36. The fourth-order valence-corrected chi connectivity index (χ4v) is 2.64. The summed E-state index contributed by atoms with van der Waals surface area (Å²) in [5.74, 6) is 0. The summed E-state index contributed by atoms with van der Waals surface area (Å²) in [5.41, 5.74) is 0.291. The number of piperazine rings is 1. The Labute approximate surface area is 137 Å². The van der Waals surface area contributed by atoms with Gasteiger partial charge in [-0.05, 0) is 17.7 Å². The Morgan fingerprint density at radius 2 is 1.75 bits per heavy atom. The van der Waals surface area contributed by atoms with Crippen LogP contribution in [0.1, 0.15) is 11.6 Å². The number of hydrogen-bond donors (Lipinski definition) is 1. The quantitative estimate of drug-likeness (QED) is 0.819. The fraction of sp³-hybridized carbons (Fsp3) is 0.500. The summed E-state index contributed by atoms with van der Waals surface area (Å²) in [6, 6.07) is 4.93. The standard InChI is InChI=1S/C12H14BrF3N2.2ClH/c13-10-3-1-2-9(8-10)11(12(14,15)16)18-6-4-17-5-7-18;;/h1-3,8,11,17H,4-7H2;2*1H/t11-;;/m0../s1. The van der Waals surface area contributed by atoms with Gasteiger partial charge in [0.2, 0.25) is 0 Å². The van der Waals surface area contributed by atoms with Crippen LogP contribution in [0.2, 0.25) is 0 Å². The molecule has 1 atom stereocenters. The van der Waals surface area contributed by atoms with Gasteiger partial charge in [-0.2, -0.15) is 13.2 Å². The Balaban J connectivity index is 0.00000180. The highest BCUT2D eigenvalue weighted by Gasteiger charge is 2.44. The molecule has 0 spiro atoms. The second-order valence-electron chi connectivity index (χ2n) is 4.29. The van der Waals surface area contributed by atoms with Crippen LogP contribution >= 0.6 is 40.7 Å². The van der Waals surface area contributed by atoms with Gasteiger partial charge in [0.15, 0.2) is 0 Å². The van der Waals surface area contributed by atoms with E-state index in [1.165, 1.54) is 11.0 Å². The Morgan fingerprint density at radius 3 is 2.25 bits per heavy atom. The molecule has 0 unspecified atom stereocenters. The number of hydrogen-bond acceptors (Lipinski definition) is 2. The highest BCUT2D eigenvalue weighted by Crippen LogP contribution is 2.38. The lowest BCUT2D eigenvalue weighted by atomic mass is 10.0. The molecule has 0 aliphatic carbocycles. The zero-order valence-electron chi connectivity index (χ0n) is 10.5. The first kappa shape index (κ1) is 20.0. The number of alkyl halides is 3. The molecular weight excluding hydrogens is 380 g/mol. The lowest BCUT2D eigenvalue weighted by molar-refractivity contribution is -0.187. The van der Waals surface area contributed by atoms with Crippen LogP contribution in [-0.4, -0.2) is 37.3 Å². The van der Waals surface area contributed by atoms with Gasteiger partial charge < -0.3 is 5.32 Å². The lowest BCUT2D eigenvalue weighted by Crippen LogP contribution is -2.49. The van der Waals surface area contributed by atoms with Crippen molar-refractivity contribution in [3.8, 4) is 0 Å². The topological polar surface area (TPSA) is 15.3 Å². The second kappa shape index (κ2) is 8.44. The number of nitrogens with zero attached hydrogens (tertiary/aromatic N) is 1. The monoisotopic (exact) mass is 394 g/mol. The molecule has 1 aromatic carbocycles. The van der Waals surface area contributed by atoms with E-state index in [0.29, 0.717) is 36.2 Å². The largest absolute Gasteiger partial charge is 0.408 e. The van der Waals surface area contributed by atoms with E-state index < -0.39 is 12.2 Å².